The summed E-state index contributed by atoms with van der Waals surface area (Å²) in [5, 5.41) is 9.37. The lowest BCUT2D eigenvalue weighted by atomic mass is 9.88. The summed E-state index contributed by atoms with van der Waals surface area (Å²) < 4.78 is 29.8. The summed E-state index contributed by atoms with van der Waals surface area (Å²) in [7, 11) is -3.81. The molecule has 1 saturated heterocycles. The van der Waals surface area contributed by atoms with E-state index in [-0.39, 0.29) is 12.6 Å². The molecule has 1 aliphatic carbocycles. The molecule has 3 rings (SSSR count). The SMILES string of the molecule is O=C(O)C1NNC2C=CC=CC(NS(=O)(=O)NCc3ccccc3)C21. The molecule has 4 atom stereocenters. The first-order valence-electron chi connectivity index (χ1n) is 7.86. The molecule has 25 heavy (non-hydrogen) atoms. The minimum Gasteiger partial charge on any atom is -0.480 e. The highest BCUT2D eigenvalue weighted by Crippen LogP contribution is 2.24. The molecule has 0 spiro atoms. The fourth-order valence-electron chi connectivity index (χ4n) is 3.03. The van der Waals surface area contributed by atoms with Crippen LogP contribution in [0.4, 0.5) is 0 Å². The van der Waals surface area contributed by atoms with Crippen molar-refractivity contribution in [3.8, 4) is 0 Å². The molecular formula is C16H20N4O4S. The first-order chi connectivity index (χ1) is 12.0. The normalized spacial score (nSPS) is 28.5. The second-order valence-electron chi connectivity index (χ2n) is 5.93. The second-order valence-corrected chi connectivity index (χ2v) is 7.46. The molecule has 1 aliphatic heterocycles. The van der Waals surface area contributed by atoms with Crippen LogP contribution in [0.1, 0.15) is 5.56 Å². The average molecular weight is 364 g/mol. The fraction of sp³-hybridized carbons (Fsp3) is 0.312. The van der Waals surface area contributed by atoms with Crippen molar-refractivity contribution in [1.82, 2.24) is 20.3 Å². The van der Waals surface area contributed by atoms with E-state index in [0.717, 1.165) is 5.56 Å². The van der Waals surface area contributed by atoms with Gasteiger partial charge in [0, 0.05) is 24.5 Å². The van der Waals surface area contributed by atoms with E-state index in [1.54, 1.807) is 18.2 Å². The third kappa shape index (κ3) is 4.33. The molecule has 2 aliphatic rings. The Labute approximate surface area is 146 Å². The van der Waals surface area contributed by atoms with E-state index in [2.05, 4.69) is 20.3 Å². The molecule has 5 N–H and O–H groups in total. The number of aliphatic carboxylic acids is 1. The van der Waals surface area contributed by atoms with Crippen LogP contribution in [0.5, 0.6) is 0 Å². The summed E-state index contributed by atoms with van der Waals surface area (Å²) in [6.45, 7) is 0.151. The number of benzene rings is 1. The average Bonchev–Trinajstić information content (AvgIpc) is 2.92. The molecule has 0 saturated carbocycles. The number of nitrogens with one attached hydrogen (secondary N) is 4. The lowest BCUT2D eigenvalue weighted by Gasteiger charge is -2.26. The van der Waals surface area contributed by atoms with E-state index in [1.165, 1.54) is 0 Å². The molecule has 9 heteroatoms. The summed E-state index contributed by atoms with van der Waals surface area (Å²) in [6, 6.07) is 7.28. The Morgan fingerprint density at radius 3 is 2.56 bits per heavy atom. The van der Waals surface area contributed by atoms with E-state index < -0.39 is 34.2 Å². The Morgan fingerprint density at radius 2 is 1.84 bits per heavy atom. The zero-order valence-electron chi connectivity index (χ0n) is 13.3. The van der Waals surface area contributed by atoms with Crippen LogP contribution in [0.15, 0.2) is 54.6 Å². The van der Waals surface area contributed by atoms with Gasteiger partial charge in [-0.05, 0) is 5.56 Å². The Morgan fingerprint density at radius 1 is 1.12 bits per heavy atom. The Balaban J connectivity index is 1.72. The van der Waals surface area contributed by atoms with Gasteiger partial charge in [0.05, 0.1) is 0 Å². The van der Waals surface area contributed by atoms with E-state index >= 15 is 0 Å². The highest BCUT2D eigenvalue weighted by molar-refractivity contribution is 7.87. The van der Waals surface area contributed by atoms with Crippen LogP contribution in [0.3, 0.4) is 0 Å². The fourth-order valence-corrected chi connectivity index (χ4v) is 4.06. The Hall–Kier alpha value is -2.04. The molecule has 0 aromatic heterocycles. The van der Waals surface area contributed by atoms with Gasteiger partial charge in [-0.25, -0.2) is 10.9 Å². The van der Waals surface area contributed by atoms with Crippen LogP contribution in [0.2, 0.25) is 0 Å². The first-order valence-corrected chi connectivity index (χ1v) is 9.34. The van der Waals surface area contributed by atoms with Crippen LogP contribution in [-0.2, 0) is 21.5 Å². The van der Waals surface area contributed by atoms with Crippen molar-refractivity contribution in [2.75, 3.05) is 0 Å². The lowest BCUT2D eigenvalue weighted by molar-refractivity contribution is -0.140. The van der Waals surface area contributed by atoms with Crippen molar-refractivity contribution in [1.29, 1.82) is 0 Å². The monoisotopic (exact) mass is 364 g/mol. The Kier molecular flexibility index (Phi) is 5.30. The molecule has 134 valence electrons. The van der Waals surface area contributed by atoms with Gasteiger partial charge in [0.25, 0.3) is 10.2 Å². The number of allylic oxidation sites excluding steroid dienone is 2. The third-order valence-corrected chi connectivity index (χ3v) is 5.34. The van der Waals surface area contributed by atoms with Crippen LogP contribution in [-0.4, -0.2) is 37.6 Å². The van der Waals surface area contributed by atoms with Crippen molar-refractivity contribution in [2.24, 2.45) is 5.92 Å². The largest absolute Gasteiger partial charge is 0.480 e. The molecule has 1 fully saturated rings. The van der Waals surface area contributed by atoms with E-state index in [0.29, 0.717) is 0 Å². The van der Waals surface area contributed by atoms with Crippen LogP contribution in [0, 0.1) is 5.92 Å². The summed E-state index contributed by atoms with van der Waals surface area (Å²) in [4.78, 5) is 11.4. The lowest BCUT2D eigenvalue weighted by Crippen LogP contribution is -2.51. The third-order valence-electron chi connectivity index (χ3n) is 4.23. The molecular weight excluding hydrogens is 344 g/mol. The van der Waals surface area contributed by atoms with Crippen LogP contribution in [0.25, 0.3) is 0 Å². The van der Waals surface area contributed by atoms with E-state index in [9.17, 15) is 18.3 Å². The highest BCUT2D eigenvalue weighted by atomic mass is 32.2. The van der Waals surface area contributed by atoms with Crippen molar-refractivity contribution in [3.63, 3.8) is 0 Å². The molecule has 1 heterocycles. The number of hydrogen-bond donors (Lipinski definition) is 5. The first kappa shape index (κ1) is 17.8. The predicted molar refractivity (Wildman–Crippen MR) is 92.4 cm³/mol. The number of hydrazine groups is 1. The second kappa shape index (κ2) is 7.46. The zero-order chi connectivity index (χ0) is 17.9. The van der Waals surface area contributed by atoms with Gasteiger partial charge in [-0.15, -0.1) is 0 Å². The Bertz CT molecular complexity index is 779. The summed E-state index contributed by atoms with van der Waals surface area (Å²) in [5.74, 6) is -1.54. The topological polar surface area (TPSA) is 120 Å². The van der Waals surface area contributed by atoms with Gasteiger partial charge >= 0.3 is 5.97 Å². The number of carboxylic acids is 1. The molecule has 0 amide bonds. The van der Waals surface area contributed by atoms with Gasteiger partial charge in [-0.1, -0.05) is 54.6 Å². The van der Waals surface area contributed by atoms with Crippen molar-refractivity contribution in [2.45, 2.75) is 24.7 Å². The predicted octanol–water partition coefficient (Wildman–Crippen LogP) is -0.349. The van der Waals surface area contributed by atoms with Gasteiger partial charge in [0.1, 0.15) is 6.04 Å². The molecule has 1 aromatic carbocycles. The van der Waals surface area contributed by atoms with Gasteiger partial charge in [-0.3, -0.25) is 4.79 Å². The maximum absolute atomic E-state index is 12.4. The summed E-state index contributed by atoms with van der Waals surface area (Å²) >= 11 is 0. The number of fused-ring (bicyclic) bond motifs is 1. The molecule has 4 unspecified atom stereocenters. The minimum atomic E-state index is -3.81. The maximum atomic E-state index is 12.4. The number of carboxylic acid groups (broad SMARTS) is 1. The van der Waals surface area contributed by atoms with Gasteiger partial charge in [0.15, 0.2) is 0 Å². The molecule has 8 nitrogen and oxygen atoms in total. The van der Waals surface area contributed by atoms with E-state index in [4.69, 9.17) is 0 Å². The van der Waals surface area contributed by atoms with Crippen LogP contribution < -0.4 is 20.3 Å². The van der Waals surface area contributed by atoms with Crippen molar-refractivity contribution in [3.05, 3.63) is 60.2 Å². The number of carbonyl (C=O) groups is 1. The minimum absolute atomic E-state index is 0.151. The zero-order valence-corrected chi connectivity index (χ0v) is 14.1. The smallest absolute Gasteiger partial charge is 0.322 e. The van der Waals surface area contributed by atoms with Gasteiger partial charge in [-0.2, -0.15) is 17.9 Å². The maximum Gasteiger partial charge on any atom is 0.322 e. The standard InChI is InChI=1S/C16H20N4O4S/c21-16(22)15-14-12(18-19-15)8-4-5-9-13(14)20-25(23,24)17-10-11-6-2-1-3-7-11/h1-9,12-15,17-20H,10H2,(H,21,22). The van der Waals surface area contributed by atoms with E-state index in [1.807, 2.05) is 36.4 Å². The van der Waals surface area contributed by atoms with Gasteiger partial charge in [0.2, 0.25) is 0 Å². The molecule has 0 radical (unpaired) electrons. The van der Waals surface area contributed by atoms with Gasteiger partial charge < -0.3 is 5.11 Å². The van der Waals surface area contributed by atoms with Crippen molar-refractivity contribution >= 4 is 16.2 Å². The number of rotatable bonds is 6. The number of hydrogen-bond acceptors (Lipinski definition) is 5. The summed E-state index contributed by atoms with van der Waals surface area (Å²) in [5.41, 5.74) is 6.43. The molecule has 1 aromatic rings. The van der Waals surface area contributed by atoms with Crippen molar-refractivity contribution < 1.29 is 18.3 Å². The summed E-state index contributed by atoms with van der Waals surface area (Å²) in [6.07, 6.45) is 6.95. The molecule has 0 bridgehead atoms. The quantitative estimate of drug-likeness (QED) is 0.471. The van der Waals surface area contributed by atoms with Crippen LogP contribution >= 0.6 is 0 Å². The highest BCUT2D eigenvalue weighted by Gasteiger charge is 2.44.